The second-order valence-electron chi connectivity index (χ2n) is 1.87. The summed E-state index contributed by atoms with van der Waals surface area (Å²) in [6.07, 6.45) is 2.39. The van der Waals surface area contributed by atoms with Crippen LogP contribution in [-0.4, -0.2) is 28.2 Å². The molecule has 5 heteroatoms. The Hall–Kier alpha value is -1.39. The van der Waals surface area contributed by atoms with Gasteiger partial charge in [0.15, 0.2) is 0 Å². The van der Waals surface area contributed by atoms with Gasteiger partial charge in [0.1, 0.15) is 0 Å². The van der Waals surface area contributed by atoms with E-state index in [1.807, 2.05) is 13.8 Å². The SMILES string of the molecule is CCOc1n[c]nc(OCC)n1. The molecule has 1 radical (unpaired) electrons. The summed E-state index contributed by atoms with van der Waals surface area (Å²) in [5.41, 5.74) is 0. The van der Waals surface area contributed by atoms with Crippen molar-refractivity contribution in [2.24, 2.45) is 0 Å². The quantitative estimate of drug-likeness (QED) is 0.654. The number of ether oxygens (including phenoxy) is 2. The van der Waals surface area contributed by atoms with Crippen molar-refractivity contribution in [2.75, 3.05) is 13.2 Å². The number of aromatic nitrogens is 3. The highest BCUT2D eigenvalue weighted by Crippen LogP contribution is 2.04. The van der Waals surface area contributed by atoms with E-state index in [9.17, 15) is 0 Å². The van der Waals surface area contributed by atoms with E-state index < -0.39 is 0 Å². The highest BCUT2D eigenvalue weighted by Gasteiger charge is 2.00. The van der Waals surface area contributed by atoms with E-state index in [0.717, 1.165) is 0 Å². The van der Waals surface area contributed by atoms with E-state index in [-0.39, 0.29) is 12.0 Å². The first-order valence-electron chi connectivity index (χ1n) is 3.74. The van der Waals surface area contributed by atoms with Crippen molar-refractivity contribution < 1.29 is 9.47 Å². The summed E-state index contributed by atoms with van der Waals surface area (Å²) in [5, 5.41) is 0. The fourth-order valence-electron chi connectivity index (χ4n) is 0.630. The minimum Gasteiger partial charge on any atom is -0.464 e. The fourth-order valence-corrected chi connectivity index (χ4v) is 0.630. The van der Waals surface area contributed by atoms with Gasteiger partial charge in [0, 0.05) is 0 Å². The van der Waals surface area contributed by atoms with Crippen LogP contribution < -0.4 is 9.47 Å². The molecule has 5 nitrogen and oxygen atoms in total. The molecule has 0 aliphatic heterocycles. The molecule has 1 rings (SSSR count). The van der Waals surface area contributed by atoms with Crippen LogP contribution in [0.25, 0.3) is 0 Å². The molecule has 0 N–H and O–H groups in total. The molecule has 1 aromatic rings. The maximum absolute atomic E-state index is 5.02. The standard InChI is InChI=1S/C7H10N3O2/c1-3-11-6-8-5-9-7(10-6)12-4-2/h3-4H2,1-2H3. The third-order valence-corrected chi connectivity index (χ3v) is 1.03. The van der Waals surface area contributed by atoms with Gasteiger partial charge in [-0.05, 0) is 13.8 Å². The van der Waals surface area contributed by atoms with Gasteiger partial charge in [0.2, 0.25) is 6.33 Å². The molecular weight excluding hydrogens is 158 g/mol. The Labute approximate surface area is 70.8 Å². The lowest BCUT2D eigenvalue weighted by Gasteiger charge is -2.01. The summed E-state index contributed by atoms with van der Waals surface area (Å²) in [5.74, 6) is 0. The van der Waals surface area contributed by atoms with Gasteiger partial charge in [0.05, 0.1) is 13.2 Å². The molecule has 0 saturated heterocycles. The highest BCUT2D eigenvalue weighted by atomic mass is 16.5. The molecule has 1 heterocycles. The van der Waals surface area contributed by atoms with Crippen molar-refractivity contribution in [1.82, 2.24) is 15.0 Å². The van der Waals surface area contributed by atoms with E-state index in [1.165, 1.54) is 0 Å². The summed E-state index contributed by atoms with van der Waals surface area (Å²) in [6, 6.07) is 0.493. The Kier molecular flexibility index (Phi) is 3.25. The van der Waals surface area contributed by atoms with Crippen molar-refractivity contribution in [1.29, 1.82) is 0 Å². The normalized spacial score (nSPS) is 9.50. The smallest absolute Gasteiger partial charge is 0.323 e. The van der Waals surface area contributed by atoms with E-state index in [2.05, 4.69) is 21.3 Å². The average Bonchev–Trinajstić information content (AvgIpc) is 2.06. The number of hydrogen-bond acceptors (Lipinski definition) is 5. The van der Waals surface area contributed by atoms with Crippen LogP contribution in [0.3, 0.4) is 0 Å². The molecule has 12 heavy (non-hydrogen) atoms. The minimum atomic E-state index is 0.246. The maximum Gasteiger partial charge on any atom is 0.323 e. The first-order chi connectivity index (χ1) is 5.86. The van der Waals surface area contributed by atoms with Gasteiger partial charge >= 0.3 is 12.0 Å². The van der Waals surface area contributed by atoms with E-state index >= 15 is 0 Å². The Bertz CT molecular complexity index is 221. The Morgan fingerprint density at radius 1 is 1.08 bits per heavy atom. The number of hydrogen-bond donors (Lipinski definition) is 0. The molecular formula is C7H10N3O2. The first-order valence-corrected chi connectivity index (χ1v) is 3.74. The van der Waals surface area contributed by atoms with Crippen molar-refractivity contribution in [2.45, 2.75) is 13.8 Å². The molecule has 0 spiro atoms. The third kappa shape index (κ3) is 2.34. The molecule has 0 aliphatic carbocycles. The predicted octanol–water partition coefficient (Wildman–Crippen LogP) is 0.469. The zero-order valence-corrected chi connectivity index (χ0v) is 7.07. The average molecular weight is 168 g/mol. The van der Waals surface area contributed by atoms with Gasteiger partial charge in [-0.1, -0.05) is 0 Å². The van der Waals surface area contributed by atoms with Crippen LogP contribution in [0.4, 0.5) is 0 Å². The largest absolute Gasteiger partial charge is 0.464 e. The molecule has 1 aromatic heterocycles. The van der Waals surface area contributed by atoms with Crippen LogP contribution in [0, 0.1) is 6.33 Å². The zero-order chi connectivity index (χ0) is 8.81. The van der Waals surface area contributed by atoms with Gasteiger partial charge in [0.25, 0.3) is 0 Å². The van der Waals surface area contributed by atoms with Gasteiger partial charge in [-0.15, -0.1) is 4.98 Å². The van der Waals surface area contributed by atoms with Gasteiger partial charge in [-0.3, -0.25) is 0 Å². The van der Waals surface area contributed by atoms with E-state index in [0.29, 0.717) is 13.2 Å². The Balaban J connectivity index is 2.67. The van der Waals surface area contributed by atoms with E-state index in [1.54, 1.807) is 0 Å². The number of nitrogens with zero attached hydrogens (tertiary/aromatic N) is 3. The summed E-state index contributed by atoms with van der Waals surface area (Å²) < 4.78 is 10.0. The Morgan fingerprint density at radius 3 is 2.00 bits per heavy atom. The van der Waals surface area contributed by atoms with Gasteiger partial charge in [-0.2, -0.15) is 9.97 Å². The summed E-state index contributed by atoms with van der Waals surface area (Å²) in [7, 11) is 0. The lowest BCUT2D eigenvalue weighted by molar-refractivity contribution is 0.278. The lowest BCUT2D eigenvalue weighted by Crippen LogP contribution is -2.02. The van der Waals surface area contributed by atoms with Crippen LogP contribution in [-0.2, 0) is 0 Å². The Morgan fingerprint density at radius 2 is 1.58 bits per heavy atom. The van der Waals surface area contributed by atoms with Crippen LogP contribution >= 0.6 is 0 Å². The fraction of sp³-hybridized carbons (Fsp3) is 0.571. The molecule has 0 fully saturated rings. The van der Waals surface area contributed by atoms with Crippen molar-refractivity contribution in [3.05, 3.63) is 6.33 Å². The summed E-state index contributed by atoms with van der Waals surface area (Å²) >= 11 is 0. The van der Waals surface area contributed by atoms with Crippen molar-refractivity contribution in [3.8, 4) is 12.0 Å². The van der Waals surface area contributed by atoms with Crippen LogP contribution in [0.15, 0.2) is 0 Å². The van der Waals surface area contributed by atoms with Crippen LogP contribution in [0.2, 0.25) is 0 Å². The second-order valence-corrected chi connectivity index (χ2v) is 1.87. The molecule has 0 bridgehead atoms. The summed E-state index contributed by atoms with van der Waals surface area (Å²) in [4.78, 5) is 11.2. The van der Waals surface area contributed by atoms with Crippen LogP contribution in [0.5, 0.6) is 12.0 Å². The predicted molar refractivity (Wildman–Crippen MR) is 41.0 cm³/mol. The topological polar surface area (TPSA) is 57.1 Å². The van der Waals surface area contributed by atoms with Crippen LogP contribution in [0.1, 0.15) is 13.8 Å². The molecule has 0 aliphatic rings. The van der Waals surface area contributed by atoms with E-state index in [4.69, 9.17) is 9.47 Å². The van der Waals surface area contributed by atoms with Gasteiger partial charge in [-0.25, -0.2) is 0 Å². The molecule has 0 amide bonds. The van der Waals surface area contributed by atoms with Crippen molar-refractivity contribution >= 4 is 0 Å². The molecule has 0 unspecified atom stereocenters. The molecule has 0 saturated carbocycles. The minimum absolute atomic E-state index is 0.246. The monoisotopic (exact) mass is 168 g/mol. The number of rotatable bonds is 4. The van der Waals surface area contributed by atoms with Crippen molar-refractivity contribution in [3.63, 3.8) is 0 Å². The molecule has 0 atom stereocenters. The molecule has 0 aromatic carbocycles. The summed E-state index contributed by atoms with van der Waals surface area (Å²) in [6.45, 7) is 4.74. The first kappa shape index (κ1) is 8.70. The highest BCUT2D eigenvalue weighted by molar-refractivity contribution is 4.98. The lowest BCUT2D eigenvalue weighted by atomic mass is 10.8. The maximum atomic E-state index is 5.02. The molecule has 65 valence electrons. The zero-order valence-electron chi connectivity index (χ0n) is 7.07. The van der Waals surface area contributed by atoms with Gasteiger partial charge < -0.3 is 9.47 Å². The second kappa shape index (κ2) is 4.48. The third-order valence-electron chi connectivity index (χ3n) is 1.03.